The average Bonchev–Trinajstić information content (AvgIpc) is 3.08. The van der Waals surface area contributed by atoms with E-state index in [2.05, 4.69) is 15.3 Å². The Morgan fingerprint density at radius 1 is 1.18 bits per heavy atom. The van der Waals surface area contributed by atoms with E-state index in [0.29, 0.717) is 0 Å². The summed E-state index contributed by atoms with van der Waals surface area (Å²) in [6, 6.07) is 9.57. The minimum absolute atomic E-state index is 0.242. The lowest BCUT2D eigenvalue weighted by Crippen LogP contribution is -2.29. The molecule has 1 atom stereocenters. The van der Waals surface area contributed by atoms with Crippen LogP contribution in [0.3, 0.4) is 0 Å². The van der Waals surface area contributed by atoms with Gasteiger partial charge in [-0.2, -0.15) is 0 Å². The lowest BCUT2D eigenvalue weighted by molar-refractivity contribution is 0.0938. The van der Waals surface area contributed by atoms with Gasteiger partial charge in [0.25, 0.3) is 5.91 Å². The maximum absolute atomic E-state index is 13.1. The molecule has 2 heterocycles. The van der Waals surface area contributed by atoms with Crippen LogP contribution in [-0.4, -0.2) is 15.9 Å². The van der Waals surface area contributed by atoms with E-state index in [1.54, 1.807) is 12.1 Å². The fourth-order valence-electron chi connectivity index (χ4n) is 2.05. The predicted octanol–water partition coefficient (Wildman–Crippen LogP) is 3.20. The van der Waals surface area contributed by atoms with Crippen molar-refractivity contribution >= 4 is 17.2 Å². The monoisotopic (exact) mass is 313 g/mol. The van der Waals surface area contributed by atoms with Crippen molar-refractivity contribution in [2.75, 3.05) is 0 Å². The number of nitrogens with one attached hydrogen (secondary N) is 1. The van der Waals surface area contributed by atoms with Crippen molar-refractivity contribution in [3.8, 4) is 0 Å². The lowest BCUT2D eigenvalue weighted by Gasteiger charge is -2.17. The van der Waals surface area contributed by atoms with Gasteiger partial charge in [0.1, 0.15) is 11.5 Å². The van der Waals surface area contributed by atoms with Crippen LogP contribution >= 0.6 is 11.3 Å². The van der Waals surface area contributed by atoms with Crippen molar-refractivity contribution in [2.24, 2.45) is 0 Å². The highest BCUT2D eigenvalue weighted by molar-refractivity contribution is 7.10. The second-order valence-electron chi connectivity index (χ2n) is 4.56. The summed E-state index contributed by atoms with van der Waals surface area (Å²) in [4.78, 5) is 21.1. The molecule has 4 nitrogen and oxygen atoms in total. The number of hydrogen-bond acceptors (Lipinski definition) is 4. The number of halogens is 1. The van der Waals surface area contributed by atoms with E-state index in [1.165, 1.54) is 42.1 Å². The van der Waals surface area contributed by atoms with Gasteiger partial charge in [0, 0.05) is 17.3 Å². The van der Waals surface area contributed by atoms with Gasteiger partial charge >= 0.3 is 0 Å². The molecule has 0 radical (unpaired) electrons. The number of carbonyl (C=O) groups is 1. The molecule has 1 aromatic carbocycles. The first kappa shape index (κ1) is 14.3. The molecule has 3 rings (SSSR count). The van der Waals surface area contributed by atoms with E-state index in [0.717, 1.165) is 10.4 Å². The fourth-order valence-corrected chi connectivity index (χ4v) is 2.85. The first-order valence-electron chi connectivity index (χ1n) is 6.60. The molecule has 0 aliphatic rings. The molecule has 3 aromatic rings. The van der Waals surface area contributed by atoms with Gasteiger partial charge in [0.15, 0.2) is 0 Å². The van der Waals surface area contributed by atoms with E-state index < -0.39 is 0 Å². The highest BCUT2D eigenvalue weighted by Crippen LogP contribution is 2.26. The number of amides is 1. The number of thiophene rings is 1. The van der Waals surface area contributed by atoms with Crippen LogP contribution in [-0.2, 0) is 0 Å². The fraction of sp³-hybridized carbons (Fsp3) is 0.0625. The Kier molecular flexibility index (Phi) is 4.20. The number of aromatic nitrogens is 2. The second-order valence-corrected chi connectivity index (χ2v) is 5.54. The first-order valence-corrected chi connectivity index (χ1v) is 7.48. The maximum atomic E-state index is 13.1. The van der Waals surface area contributed by atoms with Gasteiger partial charge in [-0.05, 0) is 29.1 Å². The normalized spacial score (nSPS) is 11.9. The summed E-state index contributed by atoms with van der Waals surface area (Å²) in [7, 11) is 0. The Bertz CT molecular complexity index is 745. The zero-order valence-electron chi connectivity index (χ0n) is 11.4. The van der Waals surface area contributed by atoms with E-state index in [-0.39, 0.29) is 23.5 Å². The summed E-state index contributed by atoms with van der Waals surface area (Å²) in [5, 5.41) is 4.85. The molecule has 0 fully saturated rings. The van der Waals surface area contributed by atoms with Gasteiger partial charge in [-0.1, -0.05) is 18.2 Å². The third-order valence-corrected chi connectivity index (χ3v) is 4.04. The number of hydrogen-bond donors (Lipinski definition) is 1. The van der Waals surface area contributed by atoms with E-state index in [4.69, 9.17) is 0 Å². The summed E-state index contributed by atoms with van der Waals surface area (Å²) >= 11 is 1.52. The van der Waals surface area contributed by atoms with E-state index in [9.17, 15) is 9.18 Å². The third kappa shape index (κ3) is 3.17. The van der Waals surface area contributed by atoms with E-state index in [1.807, 2.05) is 17.5 Å². The molecule has 0 saturated heterocycles. The summed E-state index contributed by atoms with van der Waals surface area (Å²) in [6.07, 6.45) is 4.38. The van der Waals surface area contributed by atoms with E-state index >= 15 is 0 Å². The van der Waals surface area contributed by atoms with Crippen molar-refractivity contribution in [3.05, 3.63) is 82.3 Å². The van der Waals surface area contributed by atoms with Gasteiger partial charge in [-0.3, -0.25) is 9.78 Å². The maximum Gasteiger partial charge on any atom is 0.272 e. The Hall–Kier alpha value is -2.60. The van der Waals surface area contributed by atoms with Crippen LogP contribution in [0.2, 0.25) is 0 Å². The molecule has 2 aromatic heterocycles. The topological polar surface area (TPSA) is 54.9 Å². The molecule has 0 aliphatic heterocycles. The van der Waals surface area contributed by atoms with Gasteiger partial charge < -0.3 is 5.32 Å². The number of benzene rings is 1. The minimum Gasteiger partial charge on any atom is -0.339 e. The highest BCUT2D eigenvalue weighted by atomic mass is 32.1. The average molecular weight is 313 g/mol. The summed E-state index contributed by atoms with van der Waals surface area (Å²) in [5.41, 5.74) is 1.05. The molecule has 1 amide bonds. The van der Waals surface area contributed by atoms with Crippen molar-refractivity contribution < 1.29 is 9.18 Å². The molecule has 110 valence electrons. The Balaban J connectivity index is 1.90. The molecular weight excluding hydrogens is 301 g/mol. The van der Waals surface area contributed by atoms with Crippen molar-refractivity contribution in [1.29, 1.82) is 0 Å². The zero-order valence-corrected chi connectivity index (χ0v) is 12.3. The number of rotatable bonds is 4. The molecule has 0 bridgehead atoms. The van der Waals surface area contributed by atoms with Crippen LogP contribution in [0.25, 0.3) is 0 Å². The predicted molar refractivity (Wildman–Crippen MR) is 82.1 cm³/mol. The lowest BCUT2D eigenvalue weighted by atomic mass is 10.1. The highest BCUT2D eigenvalue weighted by Gasteiger charge is 2.19. The van der Waals surface area contributed by atoms with Crippen molar-refractivity contribution in [2.45, 2.75) is 6.04 Å². The molecule has 6 heteroatoms. The Morgan fingerprint density at radius 2 is 2.00 bits per heavy atom. The third-order valence-electron chi connectivity index (χ3n) is 3.10. The summed E-state index contributed by atoms with van der Waals surface area (Å²) in [6.45, 7) is 0. The van der Waals surface area contributed by atoms with Gasteiger partial charge in [-0.15, -0.1) is 11.3 Å². The molecule has 0 aliphatic carbocycles. The zero-order chi connectivity index (χ0) is 15.4. The van der Waals surface area contributed by atoms with Crippen molar-refractivity contribution in [1.82, 2.24) is 15.3 Å². The summed E-state index contributed by atoms with van der Waals surface area (Å²) < 4.78 is 13.1. The quantitative estimate of drug-likeness (QED) is 0.805. The molecule has 22 heavy (non-hydrogen) atoms. The molecule has 0 unspecified atom stereocenters. The Morgan fingerprint density at radius 3 is 2.64 bits per heavy atom. The van der Waals surface area contributed by atoms with Gasteiger partial charge in [-0.25, -0.2) is 9.37 Å². The minimum atomic E-state index is -0.352. The van der Waals surface area contributed by atoms with Crippen molar-refractivity contribution in [3.63, 3.8) is 0 Å². The second kappa shape index (κ2) is 6.44. The SMILES string of the molecule is O=C(N[C@@H](c1ccc(F)cc1)c1cccs1)c1cnccn1. The molecule has 0 spiro atoms. The largest absolute Gasteiger partial charge is 0.339 e. The van der Waals surface area contributed by atoms with Crippen LogP contribution < -0.4 is 5.32 Å². The molecular formula is C16H12FN3OS. The van der Waals surface area contributed by atoms with Crippen LogP contribution in [0.5, 0.6) is 0 Å². The first-order chi connectivity index (χ1) is 10.7. The van der Waals surface area contributed by atoms with Crippen LogP contribution in [0.1, 0.15) is 27.0 Å². The summed E-state index contributed by atoms with van der Waals surface area (Å²) in [5.74, 6) is -0.634. The number of nitrogens with zero attached hydrogens (tertiary/aromatic N) is 2. The Labute approximate surface area is 130 Å². The van der Waals surface area contributed by atoms with Crippen LogP contribution in [0.4, 0.5) is 4.39 Å². The standard InChI is InChI=1S/C16H12FN3OS/c17-12-5-3-11(4-6-12)15(14-2-1-9-22-14)20-16(21)13-10-18-7-8-19-13/h1-10,15H,(H,20,21)/t15-/m0/s1. The van der Waals surface area contributed by atoms with Gasteiger partial charge in [0.05, 0.1) is 12.2 Å². The van der Waals surface area contributed by atoms with Crippen LogP contribution in [0.15, 0.2) is 60.4 Å². The number of carbonyl (C=O) groups excluding carboxylic acids is 1. The van der Waals surface area contributed by atoms with Gasteiger partial charge in [0.2, 0.25) is 0 Å². The molecule has 1 N–H and O–H groups in total. The molecule has 0 saturated carbocycles. The smallest absolute Gasteiger partial charge is 0.272 e. The van der Waals surface area contributed by atoms with Crippen LogP contribution in [0, 0.1) is 5.82 Å².